The van der Waals surface area contributed by atoms with E-state index >= 15 is 0 Å². The van der Waals surface area contributed by atoms with Crippen LogP contribution in [-0.4, -0.2) is 4.57 Å². The Bertz CT molecular complexity index is 3080. The second kappa shape index (κ2) is 11.5. The van der Waals surface area contributed by atoms with Gasteiger partial charge in [0, 0.05) is 33.2 Å². The SMILES string of the molecule is [2H]c1c([2H])c([2H])c(N(c2ccc3c4ccccc4n(-c4ccc(-c5ccccc5)cc4)c3c2)c2cccc3c4ccccc4c4ccccc4c23)c([2H])c1[2H]. The van der Waals surface area contributed by atoms with Crippen molar-refractivity contribution in [3.63, 3.8) is 0 Å². The van der Waals surface area contributed by atoms with Gasteiger partial charge in [-0.3, -0.25) is 0 Å². The summed E-state index contributed by atoms with van der Waals surface area (Å²) in [6, 6.07) is 54.3. The van der Waals surface area contributed by atoms with E-state index in [0.29, 0.717) is 11.4 Å². The lowest BCUT2D eigenvalue weighted by Crippen LogP contribution is -2.10. The number of rotatable bonds is 5. The van der Waals surface area contributed by atoms with Gasteiger partial charge in [-0.1, -0.05) is 146 Å². The van der Waals surface area contributed by atoms with Gasteiger partial charge in [0.05, 0.1) is 23.6 Å². The van der Waals surface area contributed by atoms with Crippen molar-refractivity contribution >= 4 is 71.2 Å². The molecule has 1 aromatic heterocycles. The zero-order valence-electron chi connectivity index (χ0n) is 32.0. The highest BCUT2D eigenvalue weighted by Gasteiger charge is 2.21. The third-order valence-electron chi connectivity index (χ3n) is 9.85. The van der Waals surface area contributed by atoms with Crippen LogP contribution in [0.3, 0.4) is 0 Å². The molecule has 1 heterocycles. The molecule has 0 saturated heterocycles. The zero-order valence-corrected chi connectivity index (χ0v) is 27.0. The van der Waals surface area contributed by atoms with Crippen LogP contribution in [0.1, 0.15) is 6.85 Å². The van der Waals surface area contributed by atoms with Crippen LogP contribution in [0.5, 0.6) is 0 Å². The summed E-state index contributed by atoms with van der Waals surface area (Å²) in [5, 5.41) is 8.37. The van der Waals surface area contributed by atoms with E-state index in [1.54, 1.807) is 0 Å². The molecule has 0 aliphatic heterocycles. The van der Waals surface area contributed by atoms with Gasteiger partial charge in [-0.15, -0.1) is 0 Å². The minimum absolute atomic E-state index is 0.0879. The molecular weight excluding hydrogens is 605 g/mol. The fraction of sp³-hybridized carbons (Fsp3) is 0. The summed E-state index contributed by atoms with van der Waals surface area (Å²) < 4.78 is 46.7. The van der Waals surface area contributed by atoms with Crippen molar-refractivity contribution < 1.29 is 6.85 Å². The Morgan fingerprint density at radius 3 is 1.68 bits per heavy atom. The van der Waals surface area contributed by atoms with E-state index in [9.17, 15) is 2.74 Å². The van der Waals surface area contributed by atoms with E-state index < -0.39 is 6.04 Å². The second-order valence-electron chi connectivity index (χ2n) is 12.6. The minimum Gasteiger partial charge on any atom is -0.310 e. The van der Waals surface area contributed by atoms with Gasteiger partial charge in [0.15, 0.2) is 0 Å². The standard InChI is InChI=1S/C48H32N2/c1-3-14-33(15-4-1)34-26-28-36(29-27-34)50-45-24-12-11-21-41(45)42-31-30-37(32-47(42)50)49(35-16-5-2-6-17-35)46-25-13-23-44-40-19-8-7-18-38(40)39-20-9-10-22-43(39)48(44)46/h1-32H/i2D,5D,6D,16D,17D. The highest BCUT2D eigenvalue weighted by atomic mass is 15.1. The van der Waals surface area contributed by atoms with E-state index in [-0.39, 0.29) is 29.9 Å². The number of aromatic nitrogens is 1. The molecule has 2 heteroatoms. The summed E-state index contributed by atoms with van der Waals surface area (Å²) in [4.78, 5) is 1.86. The van der Waals surface area contributed by atoms with Crippen LogP contribution < -0.4 is 4.90 Å². The molecule has 9 aromatic carbocycles. The normalized spacial score (nSPS) is 13.0. The maximum Gasteiger partial charge on any atom is 0.0645 e. The molecule has 0 fully saturated rings. The fourth-order valence-electron chi connectivity index (χ4n) is 7.68. The minimum atomic E-state index is -0.428. The number of hydrogen-bond acceptors (Lipinski definition) is 1. The monoisotopic (exact) mass is 641 g/mol. The molecule has 0 amide bonds. The highest BCUT2D eigenvalue weighted by molar-refractivity contribution is 6.28. The van der Waals surface area contributed by atoms with Crippen LogP contribution in [0.25, 0.3) is 70.9 Å². The van der Waals surface area contributed by atoms with Gasteiger partial charge in [0.2, 0.25) is 0 Å². The second-order valence-corrected chi connectivity index (χ2v) is 12.6. The van der Waals surface area contributed by atoms with Crippen molar-refractivity contribution in [3.8, 4) is 16.8 Å². The van der Waals surface area contributed by atoms with Crippen molar-refractivity contribution in [2.75, 3.05) is 4.90 Å². The summed E-state index contributed by atoms with van der Waals surface area (Å²) in [6.07, 6.45) is 0. The van der Waals surface area contributed by atoms with Crippen LogP contribution >= 0.6 is 0 Å². The average Bonchev–Trinajstić information content (AvgIpc) is 3.57. The Kier molecular flexibility index (Phi) is 5.44. The molecule has 0 N–H and O–H groups in total. The number of hydrogen-bond donors (Lipinski definition) is 0. The largest absolute Gasteiger partial charge is 0.310 e. The first-order chi connectivity index (χ1) is 26.9. The molecule has 50 heavy (non-hydrogen) atoms. The van der Waals surface area contributed by atoms with Crippen LogP contribution in [-0.2, 0) is 0 Å². The molecule has 0 aliphatic carbocycles. The number of nitrogens with zero attached hydrogens (tertiary/aromatic N) is 2. The molecule has 2 nitrogen and oxygen atoms in total. The Morgan fingerprint density at radius 1 is 0.400 bits per heavy atom. The van der Waals surface area contributed by atoms with E-state index in [1.807, 2.05) is 77.7 Å². The quantitative estimate of drug-likeness (QED) is 0.170. The third-order valence-corrected chi connectivity index (χ3v) is 9.85. The predicted octanol–water partition coefficient (Wildman–Crippen LogP) is 13.4. The van der Waals surface area contributed by atoms with Crippen LogP contribution in [0.4, 0.5) is 17.1 Å². The first-order valence-electron chi connectivity index (χ1n) is 19.3. The molecule has 0 bridgehead atoms. The first-order valence-corrected chi connectivity index (χ1v) is 16.8. The van der Waals surface area contributed by atoms with E-state index in [2.05, 4.69) is 95.6 Å². The number of anilines is 3. The molecule has 0 radical (unpaired) electrons. The van der Waals surface area contributed by atoms with Gasteiger partial charge < -0.3 is 9.47 Å². The molecule has 0 aliphatic rings. The number of fused-ring (bicyclic) bond motifs is 9. The lowest BCUT2D eigenvalue weighted by Gasteiger charge is -2.28. The summed E-state index contributed by atoms with van der Waals surface area (Å²) in [7, 11) is 0. The molecule has 0 saturated carbocycles. The van der Waals surface area contributed by atoms with Crippen LogP contribution in [0.2, 0.25) is 0 Å². The van der Waals surface area contributed by atoms with Gasteiger partial charge in [0.1, 0.15) is 0 Å². The summed E-state index contributed by atoms with van der Waals surface area (Å²) in [6.45, 7) is 0. The fourth-order valence-corrected chi connectivity index (χ4v) is 7.68. The number of benzene rings is 9. The van der Waals surface area contributed by atoms with Crippen molar-refractivity contribution in [1.29, 1.82) is 0 Å². The topological polar surface area (TPSA) is 8.17 Å². The summed E-state index contributed by atoms with van der Waals surface area (Å²) in [5.41, 5.74) is 6.69. The molecule has 10 rings (SSSR count). The van der Waals surface area contributed by atoms with Gasteiger partial charge >= 0.3 is 0 Å². The Balaban J connectivity index is 1.30. The molecule has 10 aromatic rings. The Hall–Kier alpha value is -6.64. The highest BCUT2D eigenvalue weighted by Crippen LogP contribution is 2.45. The molecular formula is C48H32N2. The molecule has 0 spiro atoms. The van der Waals surface area contributed by atoms with Crippen LogP contribution in [0.15, 0.2) is 194 Å². The summed E-state index contributed by atoms with van der Waals surface area (Å²) in [5.74, 6) is 0. The van der Waals surface area contributed by atoms with Gasteiger partial charge in [-0.05, 0) is 86.5 Å². The van der Waals surface area contributed by atoms with Gasteiger partial charge in [-0.2, -0.15) is 0 Å². The summed E-state index contributed by atoms with van der Waals surface area (Å²) >= 11 is 0. The predicted molar refractivity (Wildman–Crippen MR) is 213 cm³/mol. The van der Waals surface area contributed by atoms with Crippen molar-refractivity contribution in [2.24, 2.45) is 0 Å². The zero-order chi connectivity index (χ0) is 37.4. The third kappa shape index (κ3) is 4.43. The Morgan fingerprint density at radius 2 is 0.960 bits per heavy atom. The first kappa shape index (κ1) is 23.6. The van der Waals surface area contributed by atoms with E-state index in [0.717, 1.165) is 70.9 Å². The number of para-hydroxylation sites is 2. The molecule has 234 valence electrons. The smallest absolute Gasteiger partial charge is 0.0645 e. The van der Waals surface area contributed by atoms with Crippen molar-refractivity contribution in [1.82, 2.24) is 4.57 Å². The Labute approximate surface area is 297 Å². The van der Waals surface area contributed by atoms with Crippen molar-refractivity contribution in [3.05, 3.63) is 194 Å². The molecule has 0 unspecified atom stereocenters. The average molecular weight is 642 g/mol. The van der Waals surface area contributed by atoms with Crippen molar-refractivity contribution in [2.45, 2.75) is 0 Å². The lowest BCUT2D eigenvalue weighted by molar-refractivity contribution is 1.18. The van der Waals surface area contributed by atoms with E-state index in [4.69, 9.17) is 4.11 Å². The lowest BCUT2D eigenvalue weighted by atomic mass is 9.93. The molecule has 0 atom stereocenters. The maximum absolute atomic E-state index is 9.27. The van der Waals surface area contributed by atoms with Gasteiger partial charge in [-0.25, -0.2) is 0 Å². The maximum atomic E-state index is 9.27. The van der Waals surface area contributed by atoms with Crippen LogP contribution in [0, 0.1) is 0 Å². The van der Waals surface area contributed by atoms with Gasteiger partial charge in [0.25, 0.3) is 0 Å². The van der Waals surface area contributed by atoms with E-state index in [1.165, 1.54) is 0 Å².